The molecule has 4 rings (SSSR count). The number of aryl methyl sites for hydroxylation is 1. The van der Waals surface area contributed by atoms with Gasteiger partial charge in [0.2, 0.25) is 0 Å². The Morgan fingerprint density at radius 1 is 1.16 bits per heavy atom. The van der Waals surface area contributed by atoms with Crippen molar-refractivity contribution in [3.05, 3.63) is 58.6 Å². The van der Waals surface area contributed by atoms with Crippen molar-refractivity contribution in [3.63, 3.8) is 0 Å². The molecule has 0 bridgehead atoms. The van der Waals surface area contributed by atoms with E-state index in [1.54, 1.807) is 23.8 Å². The molecule has 0 fully saturated rings. The summed E-state index contributed by atoms with van der Waals surface area (Å²) in [6.45, 7) is 1.84. The molecule has 4 aromatic rings. The molecule has 126 valence electrons. The smallest absolute Gasteiger partial charge is 0.262 e. The molecule has 0 atom stereocenters. The molecule has 1 N–H and O–H groups in total. The average Bonchev–Trinajstić information content (AvgIpc) is 3.04. The van der Waals surface area contributed by atoms with Crippen molar-refractivity contribution in [1.82, 2.24) is 19.5 Å². The maximum Gasteiger partial charge on any atom is 0.262 e. The number of hydrogen-bond acceptors (Lipinski definition) is 5. The second kappa shape index (κ2) is 6.25. The molecule has 2 aromatic carbocycles. The van der Waals surface area contributed by atoms with Crippen LogP contribution in [0.3, 0.4) is 0 Å². The van der Waals surface area contributed by atoms with Crippen LogP contribution in [0.25, 0.3) is 21.9 Å². The molecule has 0 aliphatic carbocycles. The van der Waals surface area contributed by atoms with Gasteiger partial charge in [-0.15, -0.1) is 0 Å². The Bertz CT molecular complexity index is 1100. The highest BCUT2D eigenvalue weighted by Gasteiger charge is 2.11. The van der Waals surface area contributed by atoms with Crippen LogP contribution in [0.1, 0.15) is 5.82 Å². The van der Waals surface area contributed by atoms with E-state index in [-0.39, 0.29) is 5.56 Å². The van der Waals surface area contributed by atoms with Crippen LogP contribution in [0.4, 0.5) is 0 Å². The summed E-state index contributed by atoms with van der Waals surface area (Å²) in [5, 5.41) is 1.33. The van der Waals surface area contributed by atoms with Gasteiger partial charge in [-0.25, -0.2) is 9.97 Å². The fraction of sp³-hybridized carbons (Fsp3) is 0.167. The lowest BCUT2D eigenvalue weighted by Crippen LogP contribution is -2.23. The van der Waals surface area contributed by atoms with Crippen molar-refractivity contribution in [2.24, 2.45) is 0 Å². The number of para-hydroxylation sites is 2. The molecule has 25 heavy (non-hydrogen) atoms. The third kappa shape index (κ3) is 2.87. The molecule has 2 aromatic heterocycles. The number of imidazole rings is 1. The zero-order valence-corrected chi connectivity index (χ0v) is 14.6. The number of ether oxygens (including phenoxy) is 1. The van der Waals surface area contributed by atoms with Gasteiger partial charge >= 0.3 is 0 Å². The molecule has 0 spiro atoms. The second-order valence-electron chi connectivity index (χ2n) is 5.61. The predicted molar refractivity (Wildman–Crippen MR) is 99.2 cm³/mol. The first-order valence-corrected chi connectivity index (χ1v) is 8.77. The van der Waals surface area contributed by atoms with E-state index in [9.17, 15) is 4.79 Å². The van der Waals surface area contributed by atoms with Crippen molar-refractivity contribution < 1.29 is 4.74 Å². The van der Waals surface area contributed by atoms with Crippen molar-refractivity contribution in [1.29, 1.82) is 0 Å². The number of rotatable bonds is 4. The van der Waals surface area contributed by atoms with Crippen LogP contribution < -0.4 is 10.3 Å². The van der Waals surface area contributed by atoms with E-state index in [2.05, 4.69) is 15.0 Å². The van der Waals surface area contributed by atoms with E-state index < -0.39 is 0 Å². The lowest BCUT2D eigenvalue weighted by Gasteiger charge is -2.10. The van der Waals surface area contributed by atoms with Crippen LogP contribution in [-0.2, 0) is 5.88 Å². The van der Waals surface area contributed by atoms with Crippen LogP contribution in [-0.4, -0.2) is 26.6 Å². The Hall–Kier alpha value is -2.80. The van der Waals surface area contributed by atoms with Crippen molar-refractivity contribution >= 4 is 33.7 Å². The van der Waals surface area contributed by atoms with Crippen molar-refractivity contribution in [2.75, 3.05) is 7.11 Å². The molecule has 0 aliphatic heterocycles. The van der Waals surface area contributed by atoms with Gasteiger partial charge < -0.3 is 9.72 Å². The van der Waals surface area contributed by atoms with Gasteiger partial charge in [-0.1, -0.05) is 23.9 Å². The first-order chi connectivity index (χ1) is 12.2. The van der Waals surface area contributed by atoms with Gasteiger partial charge in [0.1, 0.15) is 11.6 Å². The molecular weight excluding hydrogens is 336 g/mol. The van der Waals surface area contributed by atoms with Gasteiger partial charge in [-0.3, -0.25) is 9.36 Å². The third-order valence-corrected chi connectivity index (χ3v) is 4.90. The molecule has 0 saturated heterocycles. The van der Waals surface area contributed by atoms with E-state index >= 15 is 0 Å². The van der Waals surface area contributed by atoms with E-state index in [0.29, 0.717) is 28.4 Å². The molecule has 7 heteroatoms. The highest BCUT2D eigenvalue weighted by Crippen LogP contribution is 2.22. The number of nitrogens with one attached hydrogen (secondary N) is 1. The van der Waals surface area contributed by atoms with E-state index in [1.165, 1.54) is 11.8 Å². The lowest BCUT2D eigenvalue weighted by molar-refractivity contribution is 0.415. The number of thioether (sulfide) groups is 1. The number of H-pyrrole nitrogens is 1. The molecular formula is C18H16N4O2S. The number of aromatic amines is 1. The minimum Gasteiger partial charge on any atom is -0.497 e. The highest BCUT2D eigenvalue weighted by molar-refractivity contribution is 7.98. The lowest BCUT2D eigenvalue weighted by atomic mass is 10.2. The van der Waals surface area contributed by atoms with Gasteiger partial charge in [-0.2, -0.15) is 0 Å². The summed E-state index contributed by atoms with van der Waals surface area (Å²) in [5.74, 6) is 1.75. The summed E-state index contributed by atoms with van der Waals surface area (Å²) in [7, 11) is 1.58. The zero-order chi connectivity index (χ0) is 17.4. The minimum atomic E-state index is -0.0787. The summed E-state index contributed by atoms with van der Waals surface area (Å²) in [5.41, 5.74) is 2.49. The Morgan fingerprint density at radius 3 is 2.80 bits per heavy atom. The maximum atomic E-state index is 12.8. The number of nitrogens with zero attached hydrogens (tertiary/aromatic N) is 3. The Labute approximate surface area is 147 Å². The SMILES string of the molecule is COc1ccc2nc(C)n(CSc3nc4ccccc4[nH]3)c(=O)c2c1. The second-order valence-corrected chi connectivity index (χ2v) is 6.54. The molecule has 0 saturated carbocycles. The standard InChI is InChI=1S/C18H16N4O2S/c1-11-19-14-8-7-12(24-2)9-13(14)17(23)22(11)10-25-18-20-15-5-3-4-6-16(15)21-18/h3-9H,10H2,1-2H3,(H,20,21). The summed E-state index contributed by atoms with van der Waals surface area (Å²) in [6.07, 6.45) is 0. The number of aromatic nitrogens is 4. The van der Waals surface area contributed by atoms with Gasteiger partial charge in [-0.05, 0) is 37.3 Å². The predicted octanol–water partition coefficient (Wildman–Crippen LogP) is 3.34. The number of benzene rings is 2. The van der Waals surface area contributed by atoms with Crippen LogP contribution in [0.2, 0.25) is 0 Å². The fourth-order valence-electron chi connectivity index (χ4n) is 2.71. The largest absolute Gasteiger partial charge is 0.497 e. The molecule has 6 nitrogen and oxygen atoms in total. The average molecular weight is 352 g/mol. The first kappa shape index (κ1) is 15.7. The topological polar surface area (TPSA) is 72.8 Å². The van der Waals surface area contributed by atoms with E-state index in [0.717, 1.165) is 16.2 Å². The number of fused-ring (bicyclic) bond motifs is 2. The van der Waals surface area contributed by atoms with E-state index in [4.69, 9.17) is 4.74 Å². The molecule has 0 unspecified atom stereocenters. The van der Waals surface area contributed by atoms with Crippen LogP contribution in [0, 0.1) is 6.92 Å². The van der Waals surface area contributed by atoms with Gasteiger partial charge in [0.25, 0.3) is 5.56 Å². The van der Waals surface area contributed by atoms with Crippen LogP contribution in [0.5, 0.6) is 5.75 Å². The highest BCUT2D eigenvalue weighted by atomic mass is 32.2. The monoisotopic (exact) mass is 352 g/mol. The normalized spacial score (nSPS) is 11.3. The fourth-order valence-corrected chi connectivity index (χ4v) is 3.61. The summed E-state index contributed by atoms with van der Waals surface area (Å²) >= 11 is 1.47. The molecule has 0 radical (unpaired) electrons. The molecule has 2 heterocycles. The molecule has 0 amide bonds. The Balaban J connectivity index is 1.69. The Morgan fingerprint density at radius 2 is 2.00 bits per heavy atom. The van der Waals surface area contributed by atoms with Crippen LogP contribution >= 0.6 is 11.8 Å². The first-order valence-electron chi connectivity index (χ1n) is 7.78. The maximum absolute atomic E-state index is 12.8. The Kier molecular flexibility index (Phi) is 3.93. The van der Waals surface area contributed by atoms with E-state index in [1.807, 2.05) is 37.3 Å². The summed E-state index contributed by atoms with van der Waals surface area (Å²) in [4.78, 5) is 25.1. The quantitative estimate of drug-likeness (QED) is 0.570. The summed E-state index contributed by atoms with van der Waals surface area (Å²) < 4.78 is 6.87. The zero-order valence-electron chi connectivity index (χ0n) is 13.8. The van der Waals surface area contributed by atoms with Gasteiger partial charge in [0.05, 0.1) is 34.9 Å². The van der Waals surface area contributed by atoms with Gasteiger partial charge in [0.15, 0.2) is 5.16 Å². The van der Waals surface area contributed by atoms with Crippen molar-refractivity contribution in [2.45, 2.75) is 18.0 Å². The van der Waals surface area contributed by atoms with Crippen LogP contribution in [0.15, 0.2) is 52.4 Å². The number of hydrogen-bond donors (Lipinski definition) is 1. The van der Waals surface area contributed by atoms with Gasteiger partial charge in [0, 0.05) is 0 Å². The molecule has 0 aliphatic rings. The summed E-state index contributed by atoms with van der Waals surface area (Å²) in [6, 6.07) is 13.2. The minimum absolute atomic E-state index is 0.0787. The van der Waals surface area contributed by atoms with Crippen molar-refractivity contribution in [3.8, 4) is 5.75 Å². The third-order valence-electron chi connectivity index (χ3n) is 4.05. The number of methoxy groups -OCH3 is 1.